The maximum atomic E-state index is 10.7. The van der Waals surface area contributed by atoms with Gasteiger partial charge in [-0.25, -0.2) is 0 Å². The Morgan fingerprint density at radius 3 is 2.39 bits per heavy atom. The van der Waals surface area contributed by atoms with Gasteiger partial charge in [-0.05, 0) is 24.5 Å². The molecular weight excluding hydrogens is 230 g/mol. The summed E-state index contributed by atoms with van der Waals surface area (Å²) in [6.45, 7) is 4.10. The minimum Gasteiger partial charge on any atom is -0.481 e. The van der Waals surface area contributed by atoms with Gasteiger partial charge in [0.2, 0.25) is 0 Å². The van der Waals surface area contributed by atoms with Crippen molar-refractivity contribution in [3.05, 3.63) is 30.3 Å². The van der Waals surface area contributed by atoms with Crippen LogP contribution in [0.1, 0.15) is 26.7 Å². The summed E-state index contributed by atoms with van der Waals surface area (Å²) >= 11 is 0. The molecule has 1 aromatic carbocycles. The van der Waals surface area contributed by atoms with Crippen LogP contribution < -0.4 is 5.32 Å². The Hall–Kier alpha value is -1.55. The minimum atomic E-state index is -0.980. The lowest BCUT2D eigenvalue weighted by atomic mass is 9.97. The van der Waals surface area contributed by atoms with Crippen LogP contribution in [0.4, 0.5) is 5.69 Å². The standard InChI is InChI=1S/C14H21NO3/c1-10(2)8-12(13(16)9-14(17)18)15-11-6-4-3-5-7-11/h3-7,10,12-13,15-16H,8-9H2,1-2H3,(H,17,18). The minimum absolute atomic E-state index is 0.239. The molecule has 0 amide bonds. The maximum absolute atomic E-state index is 10.7. The lowest BCUT2D eigenvalue weighted by Gasteiger charge is -2.25. The molecule has 0 saturated heterocycles. The maximum Gasteiger partial charge on any atom is 0.306 e. The second kappa shape index (κ2) is 7.01. The van der Waals surface area contributed by atoms with Gasteiger partial charge in [-0.1, -0.05) is 32.0 Å². The zero-order valence-electron chi connectivity index (χ0n) is 10.8. The normalized spacial score (nSPS) is 14.2. The summed E-state index contributed by atoms with van der Waals surface area (Å²) in [4.78, 5) is 10.7. The van der Waals surface area contributed by atoms with Gasteiger partial charge in [-0.2, -0.15) is 0 Å². The molecule has 0 aliphatic carbocycles. The predicted octanol–water partition coefficient (Wildman–Crippen LogP) is 2.35. The number of hydrogen-bond donors (Lipinski definition) is 3. The van der Waals surface area contributed by atoms with Gasteiger partial charge in [-0.15, -0.1) is 0 Å². The summed E-state index contributed by atoms with van der Waals surface area (Å²) in [6.07, 6.45) is -0.397. The average Bonchev–Trinajstić information content (AvgIpc) is 2.28. The van der Waals surface area contributed by atoms with E-state index >= 15 is 0 Å². The Kier molecular flexibility index (Phi) is 5.65. The van der Waals surface area contributed by atoms with Crippen LogP contribution in [0, 0.1) is 5.92 Å². The molecule has 2 unspecified atom stereocenters. The van der Waals surface area contributed by atoms with E-state index in [1.54, 1.807) is 0 Å². The van der Waals surface area contributed by atoms with Crippen LogP contribution in [0.15, 0.2) is 30.3 Å². The predicted molar refractivity (Wildman–Crippen MR) is 71.6 cm³/mol. The second-order valence-corrected chi connectivity index (χ2v) is 4.91. The first-order valence-electron chi connectivity index (χ1n) is 6.20. The van der Waals surface area contributed by atoms with E-state index in [1.165, 1.54) is 0 Å². The van der Waals surface area contributed by atoms with Gasteiger partial charge in [0.25, 0.3) is 0 Å². The molecule has 0 aliphatic rings. The van der Waals surface area contributed by atoms with Crippen LogP contribution in [0.25, 0.3) is 0 Å². The van der Waals surface area contributed by atoms with Crippen molar-refractivity contribution in [2.45, 2.75) is 38.8 Å². The Balaban J connectivity index is 2.68. The van der Waals surface area contributed by atoms with Crippen LogP contribution in [0.5, 0.6) is 0 Å². The van der Waals surface area contributed by atoms with E-state index in [0.717, 1.165) is 12.1 Å². The number of aliphatic hydroxyl groups excluding tert-OH is 1. The van der Waals surface area contributed by atoms with E-state index in [1.807, 2.05) is 44.2 Å². The average molecular weight is 251 g/mol. The van der Waals surface area contributed by atoms with Gasteiger partial charge in [0.15, 0.2) is 0 Å². The van der Waals surface area contributed by atoms with Crippen molar-refractivity contribution < 1.29 is 15.0 Å². The van der Waals surface area contributed by atoms with Gasteiger partial charge in [0, 0.05) is 5.69 Å². The molecule has 0 spiro atoms. The van der Waals surface area contributed by atoms with Gasteiger partial charge in [-0.3, -0.25) is 4.79 Å². The highest BCUT2D eigenvalue weighted by molar-refractivity contribution is 5.67. The van der Waals surface area contributed by atoms with Crippen LogP contribution in [0.2, 0.25) is 0 Å². The van der Waals surface area contributed by atoms with Gasteiger partial charge < -0.3 is 15.5 Å². The van der Waals surface area contributed by atoms with Crippen molar-refractivity contribution in [1.82, 2.24) is 0 Å². The summed E-state index contributed by atoms with van der Waals surface area (Å²) in [7, 11) is 0. The number of anilines is 1. The monoisotopic (exact) mass is 251 g/mol. The SMILES string of the molecule is CC(C)CC(Nc1ccccc1)C(O)CC(=O)O. The van der Waals surface area contributed by atoms with E-state index in [-0.39, 0.29) is 12.5 Å². The summed E-state index contributed by atoms with van der Waals surface area (Å²) in [6, 6.07) is 9.28. The van der Waals surface area contributed by atoms with Crippen molar-refractivity contribution >= 4 is 11.7 Å². The molecule has 0 aliphatic heterocycles. The van der Waals surface area contributed by atoms with E-state index in [9.17, 15) is 9.90 Å². The number of carbonyl (C=O) groups is 1. The number of nitrogens with one attached hydrogen (secondary N) is 1. The third-order valence-electron chi connectivity index (χ3n) is 2.70. The molecule has 0 fully saturated rings. The zero-order chi connectivity index (χ0) is 13.5. The van der Waals surface area contributed by atoms with Gasteiger partial charge in [0.1, 0.15) is 0 Å². The van der Waals surface area contributed by atoms with Crippen molar-refractivity contribution in [3.8, 4) is 0 Å². The largest absolute Gasteiger partial charge is 0.481 e. The fourth-order valence-corrected chi connectivity index (χ4v) is 1.89. The molecule has 1 rings (SSSR count). The molecule has 0 aromatic heterocycles. The van der Waals surface area contributed by atoms with Crippen molar-refractivity contribution in [2.24, 2.45) is 5.92 Å². The van der Waals surface area contributed by atoms with Crippen LogP contribution in [-0.4, -0.2) is 28.3 Å². The first-order valence-corrected chi connectivity index (χ1v) is 6.20. The lowest BCUT2D eigenvalue weighted by Crippen LogP contribution is -2.36. The van der Waals surface area contributed by atoms with Crippen LogP contribution in [0.3, 0.4) is 0 Å². The van der Waals surface area contributed by atoms with Crippen LogP contribution in [-0.2, 0) is 4.79 Å². The summed E-state index contributed by atoms with van der Waals surface area (Å²) in [5, 5.41) is 21.9. The smallest absolute Gasteiger partial charge is 0.306 e. The number of benzene rings is 1. The lowest BCUT2D eigenvalue weighted by molar-refractivity contribution is -0.139. The summed E-state index contributed by atoms with van der Waals surface area (Å²) < 4.78 is 0. The van der Waals surface area contributed by atoms with Gasteiger partial charge >= 0.3 is 5.97 Å². The van der Waals surface area contributed by atoms with Crippen molar-refractivity contribution in [3.63, 3.8) is 0 Å². The van der Waals surface area contributed by atoms with Crippen molar-refractivity contribution in [1.29, 1.82) is 0 Å². The highest BCUT2D eigenvalue weighted by atomic mass is 16.4. The van der Waals surface area contributed by atoms with Gasteiger partial charge in [0.05, 0.1) is 18.6 Å². The number of rotatable bonds is 7. The summed E-state index contributed by atoms with van der Waals surface area (Å²) in [5.41, 5.74) is 0.896. The Morgan fingerprint density at radius 2 is 1.89 bits per heavy atom. The van der Waals surface area contributed by atoms with E-state index in [4.69, 9.17) is 5.11 Å². The Bertz CT molecular complexity index is 365. The number of para-hydroxylation sites is 1. The topological polar surface area (TPSA) is 69.6 Å². The second-order valence-electron chi connectivity index (χ2n) is 4.91. The Labute approximate surface area is 108 Å². The molecule has 4 heteroatoms. The third kappa shape index (κ3) is 5.19. The molecule has 1 aromatic rings. The molecule has 3 N–H and O–H groups in total. The molecule has 18 heavy (non-hydrogen) atoms. The van der Waals surface area contributed by atoms with E-state index < -0.39 is 12.1 Å². The van der Waals surface area contributed by atoms with Crippen molar-refractivity contribution in [2.75, 3.05) is 5.32 Å². The van der Waals surface area contributed by atoms with E-state index in [2.05, 4.69) is 5.32 Å². The summed E-state index contributed by atoms with van der Waals surface area (Å²) in [5.74, 6) is -0.597. The number of carboxylic acid groups (broad SMARTS) is 1. The molecule has 2 atom stereocenters. The number of carboxylic acids is 1. The molecule has 4 nitrogen and oxygen atoms in total. The number of aliphatic hydroxyl groups is 1. The van der Waals surface area contributed by atoms with E-state index in [0.29, 0.717) is 5.92 Å². The molecule has 0 radical (unpaired) electrons. The molecule has 100 valence electrons. The first-order chi connectivity index (χ1) is 8.49. The quantitative estimate of drug-likeness (QED) is 0.695. The number of hydrogen-bond acceptors (Lipinski definition) is 3. The fraction of sp³-hybridized carbons (Fsp3) is 0.500. The highest BCUT2D eigenvalue weighted by Crippen LogP contribution is 2.17. The molecule has 0 bridgehead atoms. The third-order valence-corrected chi connectivity index (χ3v) is 2.70. The number of aliphatic carboxylic acids is 1. The fourth-order valence-electron chi connectivity index (χ4n) is 1.89. The highest BCUT2D eigenvalue weighted by Gasteiger charge is 2.22. The zero-order valence-corrected chi connectivity index (χ0v) is 10.8. The molecule has 0 heterocycles. The molecule has 0 saturated carbocycles. The molecular formula is C14H21NO3. The Morgan fingerprint density at radius 1 is 1.28 bits per heavy atom. The van der Waals surface area contributed by atoms with Crippen LogP contribution >= 0.6 is 0 Å². The first kappa shape index (κ1) is 14.5.